The van der Waals surface area contributed by atoms with Crippen LogP contribution in [0, 0.1) is 0 Å². The number of rotatable bonds is 10. The van der Waals surface area contributed by atoms with Gasteiger partial charge in [0.1, 0.15) is 0 Å². The minimum Gasteiger partial charge on any atom is -0.377 e. The van der Waals surface area contributed by atoms with Crippen LogP contribution in [0.3, 0.4) is 0 Å². The maximum atomic E-state index is 12.2. The first kappa shape index (κ1) is 22.2. The Morgan fingerprint density at radius 3 is 2.76 bits per heavy atom. The molecule has 0 radical (unpaired) electrons. The summed E-state index contributed by atoms with van der Waals surface area (Å²) in [6, 6.07) is 18.0. The average molecular weight is 458 g/mol. The van der Waals surface area contributed by atoms with Gasteiger partial charge < -0.3 is 9.88 Å². The SMILES string of the molecule is C=CCn1c(CNc2cccc3ccccc23)nnc1SCC(=O)NN=Cc1ccncc1. The van der Waals surface area contributed by atoms with Crippen molar-refractivity contribution in [2.45, 2.75) is 18.2 Å². The molecule has 0 bridgehead atoms. The zero-order chi connectivity index (χ0) is 22.9. The number of nitrogens with one attached hydrogen (secondary N) is 2. The topological polar surface area (TPSA) is 97.1 Å². The molecule has 0 unspecified atom stereocenters. The molecule has 0 atom stereocenters. The first-order valence-corrected chi connectivity index (χ1v) is 11.3. The standard InChI is InChI=1S/C24H23N7OS/c1-2-14-31-22(16-26-21-9-5-7-19-6-3-4-8-20(19)21)28-30-24(31)33-17-23(32)29-27-15-18-10-12-25-13-11-18/h2-13,15,26H,1,14,16-17H2,(H,29,32). The van der Waals surface area contributed by atoms with Crippen LogP contribution in [0.2, 0.25) is 0 Å². The number of allylic oxidation sites excluding steroid dienone is 1. The molecule has 0 saturated heterocycles. The minimum absolute atomic E-state index is 0.166. The summed E-state index contributed by atoms with van der Waals surface area (Å²) in [5.41, 5.74) is 4.41. The molecule has 2 aromatic carbocycles. The number of amides is 1. The van der Waals surface area contributed by atoms with Gasteiger partial charge in [-0.15, -0.1) is 16.8 Å². The molecule has 9 heteroatoms. The molecule has 1 amide bonds. The molecule has 0 aliphatic carbocycles. The number of fused-ring (bicyclic) bond motifs is 1. The molecule has 0 aliphatic heterocycles. The van der Waals surface area contributed by atoms with Crippen molar-refractivity contribution in [3.8, 4) is 0 Å². The van der Waals surface area contributed by atoms with E-state index in [1.165, 1.54) is 17.1 Å². The normalized spacial score (nSPS) is 11.0. The second-order valence-electron chi connectivity index (χ2n) is 7.04. The maximum Gasteiger partial charge on any atom is 0.250 e. The Labute approximate surface area is 195 Å². The molecule has 4 aromatic rings. The van der Waals surface area contributed by atoms with Crippen molar-refractivity contribution < 1.29 is 4.79 Å². The molecule has 166 valence electrons. The van der Waals surface area contributed by atoms with Gasteiger partial charge in [0.2, 0.25) is 0 Å². The number of hydrogen-bond acceptors (Lipinski definition) is 7. The largest absolute Gasteiger partial charge is 0.377 e. The lowest BCUT2D eigenvalue weighted by Crippen LogP contribution is -2.20. The lowest BCUT2D eigenvalue weighted by Gasteiger charge is -2.11. The predicted octanol–water partition coefficient (Wildman–Crippen LogP) is 3.87. The van der Waals surface area contributed by atoms with Gasteiger partial charge in [0.15, 0.2) is 11.0 Å². The Morgan fingerprint density at radius 2 is 1.91 bits per heavy atom. The zero-order valence-electron chi connectivity index (χ0n) is 17.9. The van der Waals surface area contributed by atoms with Crippen LogP contribution in [0.15, 0.2) is 89.9 Å². The first-order chi connectivity index (χ1) is 16.2. The third-order valence-corrected chi connectivity index (χ3v) is 5.74. The van der Waals surface area contributed by atoms with Gasteiger partial charge in [-0.05, 0) is 29.1 Å². The molecule has 0 aliphatic rings. The van der Waals surface area contributed by atoms with Crippen LogP contribution in [0.5, 0.6) is 0 Å². The number of hydrogen-bond donors (Lipinski definition) is 2. The van der Waals surface area contributed by atoms with Crippen molar-refractivity contribution >= 4 is 40.3 Å². The monoisotopic (exact) mass is 457 g/mol. The highest BCUT2D eigenvalue weighted by molar-refractivity contribution is 7.99. The van der Waals surface area contributed by atoms with Crippen LogP contribution in [-0.4, -0.2) is 37.6 Å². The Hall–Kier alpha value is -3.98. The summed E-state index contributed by atoms with van der Waals surface area (Å²) < 4.78 is 1.95. The van der Waals surface area contributed by atoms with Gasteiger partial charge in [-0.2, -0.15) is 5.10 Å². The first-order valence-electron chi connectivity index (χ1n) is 10.3. The molecule has 0 saturated carbocycles. The summed E-state index contributed by atoms with van der Waals surface area (Å²) in [7, 11) is 0. The van der Waals surface area contributed by atoms with Gasteiger partial charge >= 0.3 is 0 Å². The van der Waals surface area contributed by atoms with Crippen LogP contribution in [0.25, 0.3) is 10.8 Å². The van der Waals surface area contributed by atoms with Gasteiger partial charge in [0, 0.05) is 30.0 Å². The summed E-state index contributed by atoms with van der Waals surface area (Å²) in [5.74, 6) is 0.704. The summed E-state index contributed by atoms with van der Waals surface area (Å²) >= 11 is 1.30. The number of aromatic nitrogens is 4. The number of benzene rings is 2. The van der Waals surface area contributed by atoms with Gasteiger partial charge in [-0.1, -0.05) is 54.2 Å². The van der Waals surface area contributed by atoms with Crippen molar-refractivity contribution in [3.63, 3.8) is 0 Å². The molecule has 8 nitrogen and oxygen atoms in total. The lowest BCUT2D eigenvalue weighted by molar-refractivity contribution is -0.118. The van der Waals surface area contributed by atoms with Crippen LogP contribution in [-0.2, 0) is 17.9 Å². The van der Waals surface area contributed by atoms with E-state index in [1.807, 2.05) is 28.8 Å². The molecular weight excluding hydrogens is 434 g/mol. The van der Waals surface area contributed by atoms with Gasteiger partial charge in [-0.3, -0.25) is 9.78 Å². The number of hydrazone groups is 1. The Kier molecular flexibility index (Phi) is 7.44. The number of thioether (sulfide) groups is 1. The van der Waals surface area contributed by atoms with Crippen molar-refractivity contribution in [2.75, 3.05) is 11.1 Å². The molecule has 33 heavy (non-hydrogen) atoms. The van der Waals surface area contributed by atoms with E-state index >= 15 is 0 Å². The highest BCUT2D eigenvalue weighted by atomic mass is 32.2. The second kappa shape index (κ2) is 11.1. The van der Waals surface area contributed by atoms with Crippen LogP contribution >= 0.6 is 11.8 Å². The van der Waals surface area contributed by atoms with E-state index < -0.39 is 0 Å². The Balaban J connectivity index is 1.37. The summed E-state index contributed by atoms with van der Waals surface area (Å²) in [6.45, 7) is 4.88. The van der Waals surface area contributed by atoms with E-state index in [-0.39, 0.29) is 11.7 Å². The quantitative estimate of drug-likeness (QED) is 0.162. The van der Waals surface area contributed by atoms with Crippen LogP contribution in [0.4, 0.5) is 5.69 Å². The van der Waals surface area contributed by atoms with E-state index in [2.05, 4.69) is 55.8 Å². The van der Waals surface area contributed by atoms with Crippen molar-refractivity contribution in [1.82, 2.24) is 25.2 Å². The second-order valence-corrected chi connectivity index (χ2v) is 7.98. The van der Waals surface area contributed by atoms with E-state index in [0.717, 1.165) is 22.5 Å². The highest BCUT2D eigenvalue weighted by Crippen LogP contribution is 2.24. The molecule has 2 aromatic heterocycles. The molecule has 2 heterocycles. The maximum absolute atomic E-state index is 12.2. The van der Waals surface area contributed by atoms with Crippen LogP contribution in [0.1, 0.15) is 11.4 Å². The van der Waals surface area contributed by atoms with Gasteiger partial charge in [-0.25, -0.2) is 5.43 Å². The summed E-state index contributed by atoms with van der Waals surface area (Å²) in [5, 5.41) is 19.0. The number of anilines is 1. The molecule has 4 rings (SSSR count). The minimum atomic E-state index is -0.228. The average Bonchev–Trinajstić information content (AvgIpc) is 3.23. The van der Waals surface area contributed by atoms with Crippen LogP contribution < -0.4 is 10.7 Å². The van der Waals surface area contributed by atoms with E-state index in [9.17, 15) is 4.79 Å². The molecule has 0 fully saturated rings. The molecular formula is C24H23N7OS. The zero-order valence-corrected chi connectivity index (χ0v) is 18.7. The number of pyridine rings is 1. The van der Waals surface area contributed by atoms with Gasteiger partial charge in [0.05, 0.1) is 18.5 Å². The van der Waals surface area contributed by atoms with E-state index in [4.69, 9.17) is 0 Å². The fourth-order valence-electron chi connectivity index (χ4n) is 3.21. The van der Waals surface area contributed by atoms with Crippen molar-refractivity contribution in [3.05, 3.63) is 91.0 Å². The third kappa shape index (κ3) is 5.83. The van der Waals surface area contributed by atoms with E-state index in [0.29, 0.717) is 18.2 Å². The number of nitrogens with zero attached hydrogens (tertiary/aromatic N) is 5. The Morgan fingerprint density at radius 1 is 1.09 bits per heavy atom. The van der Waals surface area contributed by atoms with E-state index in [1.54, 1.807) is 36.8 Å². The fourth-order valence-corrected chi connectivity index (χ4v) is 3.97. The number of carbonyl (C=O) groups excluding carboxylic acids is 1. The van der Waals surface area contributed by atoms with Crippen molar-refractivity contribution in [1.29, 1.82) is 0 Å². The van der Waals surface area contributed by atoms with Gasteiger partial charge in [0.25, 0.3) is 5.91 Å². The summed E-state index contributed by atoms with van der Waals surface area (Å²) in [6.07, 6.45) is 6.69. The Bertz CT molecular complexity index is 1270. The van der Waals surface area contributed by atoms with Crippen molar-refractivity contribution in [2.24, 2.45) is 5.10 Å². The fraction of sp³-hybridized carbons (Fsp3) is 0.125. The summed E-state index contributed by atoms with van der Waals surface area (Å²) in [4.78, 5) is 16.1. The number of carbonyl (C=O) groups is 1. The highest BCUT2D eigenvalue weighted by Gasteiger charge is 2.13. The third-order valence-electron chi connectivity index (χ3n) is 4.77. The lowest BCUT2D eigenvalue weighted by atomic mass is 10.1. The smallest absolute Gasteiger partial charge is 0.250 e. The molecule has 2 N–H and O–H groups in total. The predicted molar refractivity (Wildman–Crippen MR) is 132 cm³/mol. The molecule has 0 spiro atoms.